The maximum Gasteiger partial charge on any atom is 0.273 e. The second-order valence-corrected chi connectivity index (χ2v) is 2.56. The zero-order valence-corrected chi connectivity index (χ0v) is 7.27. The molecule has 3 nitrogen and oxygen atoms in total. The third-order valence-electron chi connectivity index (χ3n) is 1.64. The van der Waals surface area contributed by atoms with E-state index in [-0.39, 0.29) is 0 Å². The molecule has 0 saturated heterocycles. The molecule has 0 unspecified atom stereocenters. The van der Waals surface area contributed by atoms with Gasteiger partial charge >= 0.3 is 0 Å². The van der Waals surface area contributed by atoms with Crippen molar-refractivity contribution in [2.75, 3.05) is 0 Å². The lowest BCUT2D eigenvalue weighted by molar-refractivity contribution is -0.736. The van der Waals surface area contributed by atoms with Crippen LogP contribution < -0.4 is 4.68 Å². The molecule has 4 heteroatoms. The van der Waals surface area contributed by atoms with Crippen LogP contribution in [0, 0.1) is 6.92 Å². The van der Waals surface area contributed by atoms with Gasteiger partial charge in [0.2, 0.25) is 0 Å². The van der Waals surface area contributed by atoms with E-state index >= 15 is 0 Å². The molecule has 0 aliphatic rings. The summed E-state index contributed by atoms with van der Waals surface area (Å²) in [6, 6.07) is 0. The molecule has 0 aliphatic heterocycles. The standard InChI is InChI=1S/C6H11N3S/c1-4-9-5(2)8(3)7-6(9)10/h4H2,1-3H3. The van der Waals surface area contributed by atoms with E-state index in [2.05, 4.69) is 12.0 Å². The van der Waals surface area contributed by atoms with Crippen molar-refractivity contribution >= 4 is 12.6 Å². The minimum absolute atomic E-state index is 0.669. The number of aryl methyl sites for hydroxylation is 1. The van der Waals surface area contributed by atoms with E-state index in [9.17, 15) is 0 Å². The highest BCUT2D eigenvalue weighted by atomic mass is 32.1. The molecule has 56 valence electrons. The summed E-state index contributed by atoms with van der Waals surface area (Å²) in [6.07, 6.45) is 0. The number of rotatable bonds is 1. The Kier molecular flexibility index (Phi) is 1.89. The zero-order chi connectivity index (χ0) is 7.72. The molecule has 10 heavy (non-hydrogen) atoms. The van der Waals surface area contributed by atoms with Crippen molar-refractivity contribution in [3.8, 4) is 0 Å². The van der Waals surface area contributed by atoms with E-state index < -0.39 is 0 Å². The first-order valence-corrected chi connectivity index (χ1v) is 3.68. The average molecular weight is 157 g/mol. The van der Waals surface area contributed by atoms with Crippen LogP contribution in [-0.4, -0.2) is 9.67 Å². The smallest absolute Gasteiger partial charge is 0.273 e. The Morgan fingerprint density at radius 1 is 1.70 bits per heavy atom. The fraction of sp³-hybridized carbons (Fsp3) is 0.667. The minimum Gasteiger partial charge on any atom is -0.713 e. The SMILES string of the molecule is CCn1c([S-])n[n+](C)c1C. The van der Waals surface area contributed by atoms with Crippen LogP contribution >= 0.6 is 0 Å². The highest BCUT2D eigenvalue weighted by molar-refractivity contribution is 7.58. The van der Waals surface area contributed by atoms with Crippen molar-refractivity contribution in [3.05, 3.63) is 5.82 Å². The van der Waals surface area contributed by atoms with Crippen LogP contribution in [0.15, 0.2) is 5.16 Å². The second-order valence-electron chi connectivity index (χ2n) is 2.20. The van der Waals surface area contributed by atoms with Gasteiger partial charge in [0.1, 0.15) is 12.2 Å². The zero-order valence-electron chi connectivity index (χ0n) is 6.46. The Morgan fingerprint density at radius 3 is 2.50 bits per heavy atom. The van der Waals surface area contributed by atoms with Gasteiger partial charge in [-0.05, 0) is 6.92 Å². The van der Waals surface area contributed by atoms with Crippen molar-refractivity contribution in [3.63, 3.8) is 0 Å². The van der Waals surface area contributed by atoms with Gasteiger partial charge in [-0.1, -0.05) is 5.10 Å². The predicted octanol–water partition coefficient (Wildman–Crippen LogP) is -0.0583. The molecule has 1 rings (SSSR count). The van der Waals surface area contributed by atoms with Crippen LogP contribution in [0.1, 0.15) is 12.7 Å². The Balaban J connectivity index is 3.20. The van der Waals surface area contributed by atoms with Crippen molar-refractivity contribution in [2.24, 2.45) is 7.05 Å². The maximum absolute atomic E-state index is 4.99. The van der Waals surface area contributed by atoms with Gasteiger partial charge in [-0.15, -0.1) is 4.68 Å². The van der Waals surface area contributed by atoms with Gasteiger partial charge in [-0.25, -0.2) is 4.57 Å². The van der Waals surface area contributed by atoms with Crippen molar-refractivity contribution in [1.82, 2.24) is 9.67 Å². The Labute approximate surface area is 66.1 Å². The first-order chi connectivity index (χ1) is 4.66. The first-order valence-electron chi connectivity index (χ1n) is 3.27. The minimum atomic E-state index is 0.669. The summed E-state index contributed by atoms with van der Waals surface area (Å²) in [4.78, 5) is 0. The molecule has 1 heterocycles. The van der Waals surface area contributed by atoms with Gasteiger partial charge in [0.25, 0.3) is 5.82 Å². The number of hydrogen-bond acceptors (Lipinski definition) is 2. The Hall–Kier alpha value is -0.640. The van der Waals surface area contributed by atoms with Crippen LogP contribution in [0.5, 0.6) is 0 Å². The summed E-state index contributed by atoms with van der Waals surface area (Å²) in [5.74, 6) is 1.10. The van der Waals surface area contributed by atoms with E-state index in [1.807, 2.05) is 18.5 Å². The summed E-state index contributed by atoms with van der Waals surface area (Å²) in [5.41, 5.74) is 0. The number of nitrogens with zero attached hydrogens (tertiary/aromatic N) is 3. The molecule has 0 aliphatic carbocycles. The molecule has 0 saturated carbocycles. The topological polar surface area (TPSA) is 21.7 Å². The molecule has 0 spiro atoms. The number of aromatic nitrogens is 3. The molecule has 0 radical (unpaired) electrons. The van der Waals surface area contributed by atoms with Gasteiger partial charge in [0.15, 0.2) is 0 Å². The fourth-order valence-electron chi connectivity index (χ4n) is 0.932. The van der Waals surface area contributed by atoms with Crippen LogP contribution in [0.3, 0.4) is 0 Å². The van der Waals surface area contributed by atoms with E-state index in [4.69, 9.17) is 12.6 Å². The van der Waals surface area contributed by atoms with E-state index in [1.165, 1.54) is 0 Å². The summed E-state index contributed by atoms with van der Waals surface area (Å²) in [7, 11) is 1.90. The van der Waals surface area contributed by atoms with Gasteiger partial charge in [-0.3, -0.25) is 0 Å². The molecule has 1 aromatic rings. The van der Waals surface area contributed by atoms with Crippen molar-refractivity contribution in [2.45, 2.75) is 25.5 Å². The van der Waals surface area contributed by atoms with E-state index in [1.54, 1.807) is 4.68 Å². The monoisotopic (exact) mass is 157 g/mol. The molecule has 0 atom stereocenters. The fourth-order valence-corrected chi connectivity index (χ4v) is 1.32. The summed E-state index contributed by atoms with van der Waals surface area (Å²) >= 11 is 4.99. The van der Waals surface area contributed by atoms with Crippen LogP contribution in [0.4, 0.5) is 0 Å². The molecular formula is C6H11N3S. The summed E-state index contributed by atoms with van der Waals surface area (Å²) < 4.78 is 3.79. The molecule has 0 fully saturated rings. The average Bonchev–Trinajstić information content (AvgIpc) is 2.09. The Morgan fingerprint density at radius 2 is 2.30 bits per heavy atom. The van der Waals surface area contributed by atoms with Gasteiger partial charge in [-0.2, -0.15) is 0 Å². The predicted molar refractivity (Wildman–Crippen MR) is 39.4 cm³/mol. The van der Waals surface area contributed by atoms with Crippen LogP contribution in [0.25, 0.3) is 0 Å². The summed E-state index contributed by atoms with van der Waals surface area (Å²) in [6.45, 7) is 4.97. The lowest BCUT2D eigenvalue weighted by atomic mass is 10.6. The highest BCUT2D eigenvalue weighted by Crippen LogP contribution is 1.95. The van der Waals surface area contributed by atoms with Gasteiger partial charge < -0.3 is 12.6 Å². The Bertz CT molecular complexity index is 241. The molecular weight excluding hydrogens is 146 g/mol. The van der Waals surface area contributed by atoms with E-state index in [0.29, 0.717) is 5.16 Å². The van der Waals surface area contributed by atoms with Crippen LogP contribution in [0.2, 0.25) is 0 Å². The summed E-state index contributed by atoms with van der Waals surface area (Å²) in [5, 5.41) is 4.74. The van der Waals surface area contributed by atoms with Crippen molar-refractivity contribution in [1.29, 1.82) is 0 Å². The van der Waals surface area contributed by atoms with Crippen LogP contribution in [-0.2, 0) is 26.2 Å². The maximum atomic E-state index is 4.99. The van der Waals surface area contributed by atoms with Crippen molar-refractivity contribution < 1.29 is 4.68 Å². The molecule has 0 bridgehead atoms. The quantitative estimate of drug-likeness (QED) is 0.421. The normalized spacial score (nSPS) is 10.3. The molecule has 0 N–H and O–H groups in total. The molecule has 1 aromatic heterocycles. The molecule has 0 aromatic carbocycles. The largest absolute Gasteiger partial charge is 0.713 e. The molecule has 0 amide bonds. The number of hydrogen-bond donors (Lipinski definition) is 0. The lowest BCUT2D eigenvalue weighted by Crippen LogP contribution is -2.33. The second kappa shape index (κ2) is 2.54. The third kappa shape index (κ3) is 0.988. The first kappa shape index (κ1) is 7.47. The third-order valence-corrected chi connectivity index (χ3v) is 1.94. The lowest BCUT2D eigenvalue weighted by Gasteiger charge is -1.97. The van der Waals surface area contributed by atoms with Gasteiger partial charge in [0, 0.05) is 6.92 Å². The highest BCUT2D eigenvalue weighted by Gasteiger charge is 2.08. The van der Waals surface area contributed by atoms with Gasteiger partial charge in [0.05, 0.1) is 6.54 Å². The van der Waals surface area contributed by atoms with E-state index in [0.717, 1.165) is 12.4 Å².